The van der Waals surface area contributed by atoms with E-state index in [-0.39, 0.29) is 18.5 Å². The molecule has 1 aliphatic heterocycles. The van der Waals surface area contributed by atoms with Gasteiger partial charge in [0.05, 0.1) is 12.7 Å². The maximum atomic E-state index is 6.10. The zero-order valence-electron chi connectivity index (χ0n) is 12.9. The molecule has 1 aromatic rings. The third-order valence-corrected chi connectivity index (χ3v) is 4.43. The molecule has 0 amide bonds. The Morgan fingerprint density at radius 2 is 1.80 bits per heavy atom. The summed E-state index contributed by atoms with van der Waals surface area (Å²) in [5, 5.41) is 0. The Morgan fingerprint density at radius 3 is 2.40 bits per heavy atom. The first-order valence-electron chi connectivity index (χ1n) is 7.51. The molecule has 2 rings (SSSR count). The summed E-state index contributed by atoms with van der Waals surface area (Å²) in [5.41, 5.74) is 1.18. The molecule has 0 aliphatic carbocycles. The Labute approximate surface area is 122 Å². The molecule has 3 heteroatoms. The van der Waals surface area contributed by atoms with Gasteiger partial charge in [-0.05, 0) is 23.8 Å². The van der Waals surface area contributed by atoms with Crippen molar-refractivity contribution in [2.45, 2.75) is 52.3 Å². The summed E-state index contributed by atoms with van der Waals surface area (Å²) < 4.78 is 17.6. The van der Waals surface area contributed by atoms with Crippen molar-refractivity contribution in [3.8, 4) is 0 Å². The summed E-state index contributed by atoms with van der Waals surface area (Å²) in [6, 6.07) is 10.2. The average Bonchev–Trinajstić information content (AvgIpc) is 2.49. The summed E-state index contributed by atoms with van der Waals surface area (Å²) in [4.78, 5) is 0. The summed E-state index contributed by atoms with van der Waals surface area (Å²) in [6.45, 7) is 7.23. The van der Waals surface area contributed by atoms with Crippen molar-refractivity contribution in [3.05, 3.63) is 35.9 Å². The van der Waals surface area contributed by atoms with Crippen molar-refractivity contribution in [3.63, 3.8) is 0 Å². The first kappa shape index (κ1) is 15.5. The lowest BCUT2D eigenvalue weighted by Crippen LogP contribution is -2.50. The molecule has 5 atom stereocenters. The standard InChI is InChI=1S/C17H26O3/c1-5-15-12(2)13(3)16(17(18-4)20-15)19-11-14-9-7-6-8-10-14/h6-10,12-13,15-17H,5,11H2,1-4H3/t12-,13+,15?,16-,17+/m1/s1. The first-order valence-corrected chi connectivity index (χ1v) is 7.51. The lowest BCUT2D eigenvalue weighted by Gasteiger charge is -2.43. The van der Waals surface area contributed by atoms with E-state index in [4.69, 9.17) is 14.2 Å². The smallest absolute Gasteiger partial charge is 0.183 e. The van der Waals surface area contributed by atoms with E-state index < -0.39 is 0 Å². The summed E-state index contributed by atoms with van der Waals surface area (Å²) in [5.74, 6) is 0.898. The number of hydrogen-bond acceptors (Lipinski definition) is 3. The van der Waals surface area contributed by atoms with Crippen LogP contribution in [0.25, 0.3) is 0 Å². The van der Waals surface area contributed by atoms with Gasteiger partial charge in [-0.25, -0.2) is 0 Å². The highest BCUT2D eigenvalue weighted by molar-refractivity contribution is 5.13. The van der Waals surface area contributed by atoms with E-state index in [0.29, 0.717) is 18.4 Å². The molecule has 1 aromatic carbocycles. The predicted octanol–water partition coefficient (Wildman–Crippen LogP) is 3.63. The van der Waals surface area contributed by atoms with Crippen LogP contribution in [0.15, 0.2) is 30.3 Å². The van der Waals surface area contributed by atoms with Crippen molar-refractivity contribution in [2.75, 3.05) is 7.11 Å². The molecule has 1 saturated heterocycles. The monoisotopic (exact) mass is 278 g/mol. The molecule has 0 aromatic heterocycles. The molecule has 0 radical (unpaired) electrons. The van der Waals surface area contributed by atoms with Crippen molar-refractivity contribution in [2.24, 2.45) is 11.8 Å². The number of benzene rings is 1. The van der Waals surface area contributed by atoms with Crippen LogP contribution in [0.2, 0.25) is 0 Å². The van der Waals surface area contributed by atoms with E-state index in [1.54, 1.807) is 7.11 Å². The van der Waals surface area contributed by atoms with E-state index in [9.17, 15) is 0 Å². The maximum absolute atomic E-state index is 6.10. The van der Waals surface area contributed by atoms with Crippen LogP contribution in [0.5, 0.6) is 0 Å². The predicted molar refractivity (Wildman–Crippen MR) is 79.3 cm³/mol. The highest BCUT2D eigenvalue weighted by atomic mass is 16.7. The zero-order chi connectivity index (χ0) is 14.5. The lowest BCUT2D eigenvalue weighted by atomic mass is 9.82. The molecule has 0 spiro atoms. The largest absolute Gasteiger partial charge is 0.368 e. The van der Waals surface area contributed by atoms with Gasteiger partial charge >= 0.3 is 0 Å². The Balaban J connectivity index is 2.01. The molecule has 1 unspecified atom stereocenters. The van der Waals surface area contributed by atoms with Gasteiger partial charge in [0.25, 0.3) is 0 Å². The van der Waals surface area contributed by atoms with Crippen LogP contribution in [0, 0.1) is 11.8 Å². The van der Waals surface area contributed by atoms with Gasteiger partial charge in [-0.1, -0.05) is 51.1 Å². The SMILES string of the molecule is CCC1O[C@H](OC)[C@H](OCc2ccccc2)[C@@H](C)[C@H]1C. The molecule has 0 saturated carbocycles. The molecular weight excluding hydrogens is 252 g/mol. The second-order valence-corrected chi connectivity index (χ2v) is 5.67. The first-order chi connectivity index (χ1) is 9.67. The van der Waals surface area contributed by atoms with Crippen molar-refractivity contribution in [1.29, 1.82) is 0 Å². The Morgan fingerprint density at radius 1 is 1.10 bits per heavy atom. The molecule has 20 heavy (non-hydrogen) atoms. The summed E-state index contributed by atoms with van der Waals surface area (Å²) >= 11 is 0. The molecular formula is C17H26O3. The fourth-order valence-corrected chi connectivity index (χ4v) is 2.91. The normalized spacial score (nSPS) is 34.1. The number of rotatable bonds is 5. The quantitative estimate of drug-likeness (QED) is 0.823. The van der Waals surface area contributed by atoms with E-state index in [1.165, 1.54) is 5.56 Å². The van der Waals surface area contributed by atoms with Gasteiger partial charge in [0.2, 0.25) is 0 Å². The van der Waals surface area contributed by atoms with E-state index >= 15 is 0 Å². The second-order valence-electron chi connectivity index (χ2n) is 5.67. The van der Waals surface area contributed by atoms with Crippen molar-refractivity contribution in [1.82, 2.24) is 0 Å². The molecule has 0 N–H and O–H groups in total. The number of hydrogen-bond donors (Lipinski definition) is 0. The van der Waals surface area contributed by atoms with Gasteiger partial charge in [-0.3, -0.25) is 0 Å². The highest BCUT2D eigenvalue weighted by Gasteiger charge is 2.41. The van der Waals surface area contributed by atoms with Crippen LogP contribution in [0.3, 0.4) is 0 Å². The minimum absolute atomic E-state index is 0.0157. The minimum atomic E-state index is -0.269. The van der Waals surface area contributed by atoms with Gasteiger partial charge in [0.15, 0.2) is 6.29 Å². The van der Waals surface area contributed by atoms with E-state index in [0.717, 1.165) is 6.42 Å². The van der Waals surface area contributed by atoms with Crippen LogP contribution in [-0.4, -0.2) is 25.6 Å². The molecule has 1 fully saturated rings. The summed E-state index contributed by atoms with van der Waals surface area (Å²) in [6.07, 6.45) is 0.982. The van der Waals surface area contributed by atoms with Gasteiger partial charge in [-0.2, -0.15) is 0 Å². The van der Waals surface area contributed by atoms with Crippen molar-refractivity contribution >= 4 is 0 Å². The number of ether oxygens (including phenoxy) is 3. The van der Waals surface area contributed by atoms with Crippen LogP contribution < -0.4 is 0 Å². The topological polar surface area (TPSA) is 27.7 Å². The molecule has 1 heterocycles. The zero-order valence-corrected chi connectivity index (χ0v) is 12.9. The van der Waals surface area contributed by atoms with Crippen LogP contribution in [-0.2, 0) is 20.8 Å². The Bertz CT molecular complexity index is 390. The molecule has 112 valence electrons. The maximum Gasteiger partial charge on any atom is 0.183 e. The van der Waals surface area contributed by atoms with Gasteiger partial charge in [-0.15, -0.1) is 0 Å². The third-order valence-electron chi connectivity index (χ3n) is 4.43. The van der Waals surface area contributed by atoms with Gasteiger partial charge in [0.1, 0.15) is 6.10 Å². The van der Waals surface area contributed by atoms with Crippen LogP contribution in [0.1, 0.15) is 32.8 Å². The fourth-order valence-electron chi connectivity index (χ4n) is 2.91. The average molecular weight is 278 g/mol. The van der Waals surface area contributed by atoms with Crippen LogP contribution >= 0.6 is 0 Å². The van der Waals surface area contributed by atoms with Crippen molar-refractivity contribution < 1.29 is 14.2 Å². The van der Waals surface area contributed by atoms with E-state index in [1.807, 2.05) is 18.2 Å². The van der Waals surface area contributed by atoms with Gasteiger partial charge < -0.3 is 14.2 Å². The fraction of sp³-hybridized carbons (Fsp3) is 0.647. The Hall–Kier alpha value is -0.900. The summed E-state index contributed by atoms with van der Waals surface area (Å²) in [7, 11) is 1.69. The minimum Gasteiger partial charge on any atom is -0.368 e. The number of methoxy groups -OCH3 is 1. The second kappa shape index (κ2) is 7.21. The van der Waals surface area contributed by atoms with Gasteiger partial charge in [0, 0.05) is 7.11 Å². The third kappa shape index (κ3) is 3.40. The highest BCUT2D eigenvalue weighted by Crippen LogP contribution is 2.34. The molecule has 1 aliphatic rings. The lowest BCUT2D eigenvalue weighted by molar-refractivity contribution is -0.274. The Kier molecular flexibility index (Phi) is 5.58. The van der Waals surface area contributed by atoms with E-state index in [2.05, 4.69) is 32.9 Å². The molecule has 0 bridgehead atoms. The molecule has 3 nitrogen and oxygen atoms in total. The van der Waals surface area contributed by atoms with Crippen LogP contribution in [0.4, 0.5) is 0 Å².